The molecule has 1 aliphatic heterocycles. The number of nitrogens with zero attached hydrogens (tertiary/aromatic N) is 2. The number of halogens is 3. The normalized spacial score (nSPS) is 14.4. The van der Waals surface area contributed by atoms with Crippen molar-refractivity contribution < 1.29 is 23.7 Å². The fraction of sp³-hybridized carbons (Fsp3) is 0.286. The fourth-order valence-corrected chi connectivity index (χ4v) is 6.95. The molecule has 1 atom stereocenters. The van der Waals surface area contributed by atoms with Gasteiger partial charge in [0.2, 0.25) is 0 Å². The zero-order chi connectivity index (χ0) is 33.7. The number of carbonyl (C=O) groups is 1. The van der Waals surface area contributed by atoms with Gasteiger partial charge in [-0.1, -0.05) is 71.6 Å². The van der Waals surface area contributed by atoms with E-state index in [0.29, 0.717) is 71.5 Å². The van der Waals surface area contributed by atoms with Crippen molar-refractivity contribution in [2.75, 3.05) is 20.3 Å². The number of esters is 1. The van der Waals surface area contributed by atoms with Crippen LogP contribution in [0, 0.1) is 0 Å². The number of fused-ring (bicyclic) bond motifs is 1. The van der Waals surface area contributed by atoms with Crippen molar-refractivity contribution in [2.45, 2.75) is 46.3 Å². The van der Waals surface area contributed by atoms with Gasteiger partial charge in [-0.3, -0.25) is 9.36 Å². The molecule has 0 saturated heterocycles. The maximum atomic E-state index is 14.2. The van der Waals surface area contributed by atoms with E-state index in [1.807, 2.05) is 32.0 Å². The minimum atomic E-state index is -0.864. The molecule has 3 aromatic carbocycles. The second-order valence-electron chi connectivity index (χ2n) is 10.5. The second kappa shape index (κ2) is 15.4. The quantitative estimate of drug-likeness (QED) is 0.141. The SMILES string of the molecule is CCCC1=C(C(=O)OCC)[C@@H](c2cc(Cl)ccc2OC)n2c(s/c(=C/c3ccc(OCc4ccc(Cl)cc4Cl)c(OCC)c3)c2=O)=N1. The molecule has 0 spiro atoms. The van der Waals surface area contributed by atoms with Crippen LogP contribution < -0.4 is 29.1 Å². The monoisotopic (exact) mass is 714 g/mol. The first-order chi connectivity index (χ1) is 22.7. The van der Waals surface area contributed by atoms with Crippen LogP contribution in [0.3, 0.4) is 0 Å². The van der Waals surface area contributed by atoms with Crippen LogP contribution in [-0.4, -0.2) is 30.9 Å². The number of benzene rings is 3. The Morgan fingerprint density at radius 1 is 0.936 bits per heavy atom. The van der Waals surface area contributed by atoms with Crippen LogP contribution in [0.15, 0.2) is 75.7 Å². The van der Waals surface area contributed by atoms with Gasteiger partial charge in [0.05, 0.1) is 36.1 Å². The Bertz CT molecular complexity index is 2020. The smallest absolute Gasteiger partial charge is 0.338 e. The Labute approximate surface area is 291 Å². The summed E-state index contributed by atoms with van der Waals surface area (Å²) in [6, 6.07) is 14.9. The Morgan fingerprint density at radius 3 is 2.38 bits per heavy atom. The molecule has 5 rings (SSSR count). The van der Waals surface area contributed by atoms with Gasteiger partial charge in [-0.2, -0.15) is 0 Å². The zero-order valence-corrected chi connectivity index (χ0v) is 29.4. The summed E-state index contributed by atoms with van der Waals surface area (Å²) in [6.07, 6.45) is 3.01. The van der Waals surface area contributed by atoms with E-state index < -0.39 is 12.0 Å². The van der Waals surface area contributed by atoms with Crippen LogP contribution in [0.5, 0.6) is 17.2 Å². The van der Waals surface area contributed by atoms with Crippen LogP contribution in [0.1, 0.15) is 56.3 Å². The van der Waals surface area contributed by atoms with E-state index >= 15 is 0 Å². The highest BCUT2D eigenvalue weighted by molar-refractivity contribution is 7.07. The number of aromatic nitrogens is 1. The lowest BCUT2D eigenvalue weighted by Gasteiger charge is -2.27. The molecule has 0 saturated carbocycles. The summed E-state index contributed by atoms with van der Waals surface area (Å²) in [4.78, 5) is 33.0. The standard InChI is InChI=1S/C35H33Cl3N2O6S/c1-5-8-26-31(34(42)45-7-3)32(24-17-22(36)12-14-27(24)43-4)40-33(41)30(47-35(40)39-26)16-20-9-13-28(29(15-20)44-6-2)46-19-21-10-11-23(37)18-25(21)38/h9-18,32H,5-8,19H2,1-4H3/b30-16+/t32-/m1/s1. The summed E-state index contributed by atoms with van der Waals surface area (Å²) in [6.45, 7) is 6.40. The first-order valence-corrected chi connectivity index (χ1v) is 17.0. The highest BCUT2D eigenvalue weighted by Gasteiger charge is 2.36. The number of methoxy groups -OCH3 is 1. The minimum absolute atomic E-state index is 0.167. The molecular weight excluding hydrogens is 683 g/mol. The lowest BCUT2D eigenvalue weighted by Crippen LogP contribution is -2.40. The van der Waals surface area contributed by atoms with Crippen molar-refractivity contribution in [1.29, 1.82) is 0 Å². The van der Waals surface area contributed by atoms with Gasteiger partial charge < -0.3 is 18.9 Å². The minimum Gasteiger partial charge on any atom is -0.496 e. The van der Waals surface area contributed by atoms with Crippen molar-refractivity contribution in [2.24, 2.45) is 4.99 Å². The summed E-state index contributed by atoms with van der Waals surface area (Å²) >= 11 is 20.0. The molecule has 0 aliphatic carbocycles. The Kier molecular flexibility index (Phi) is 11.3. The zero-order valence-electron chi connectivity index (χ0n) is 26.3. The first kappa shape index (κ1) is 34.6. The molecular formula is C35H33Cl3N2O6S. The number of hydrogen-bond donors (Lipinski definition) is 0. The van der Waals surface area contributed by atoms with Crippen molar-refractivity contribution in [3.05, 3.63) is 117 Å². The van der Waals surface area contributed by atoms with Gasteiger partial charge in [0, 0.05) is 26.2 Å². The Hall–Kier alpha value is -3.76. The van der Waals surface area contributed by atoms with E-state index in [0.717, 1.165) is 12.0 Å². The lowest BCUT2D eigenvalue weighted by atomic mass is 9.93. The summed E-state index contributed by atoms with van der Waals surface area (Å²) < 4.78 is 25.1. The molecule has 0 unspecified atom stereocenters. The van der Waals surface area contributed by atoms with Gasteiger partial charge in [-0.15, -0.1) is 0 Å². The molecule has 0 fully saturated rings. The fourth-order valence-electron chi connectivity index (χ4n) is 5.28. The average Bonchev–Trinajstić information content (AvgIpc) is 3.35. The summed E-state index contributed by atoms with van der Waals surface area (Å²) in [5.41, 5.74) is 2.57. The molecule has 47 heavy (non-hydrogen) atoms. The summed E-state index contributed by atoms with van der Waals surface area (Å²) in [5, 5.41) is 1.48. The molecule has 4 aromatic rings. The van der Waals surface area contributed by atoms with E-state index in [2.05, 4.69) is 0 Å². The maximum Gasteiger partial charge on any atom is 0.338 e. The maximum absolute atomic E-state index is 14.2. The number of hydrogen-bond acceptors (Lipinski definition) is 8. The molecule has 2 heterocycles. The van der Waals surface area contributed by atoms with Crippen molar-refractivity contribution in [1.82, 2.24) is 4.57 Å². The predicted molar refractivity (Wildman–Crippen MR) is 186 cm³/mol. The molecule has 1 aliphatic rings. The van der Waals surface area contributed by atoms with Gasteiger partial charge in [0.25, 0.3) is 5.56 Å². The highest BCUT2D eigenvalue weighted by atomic mass is 35.5. The number of allylic oxidation sites excluding steroid dienone is 1. The second-order valence-corrected chi connectivity index (χ2v) is 12.8. The molecule has 0 radical (unpaired) electrons. The van der Waals surface area contributed by atoms with E-state index in [-0.39, 0.29) is 24.3 Å². The van der Waals surface area contributed by atoms with Crippen LogP contribution in [0.2, 0.25) is 15.1 Å². The predicted octanol–water partition coefficient (Wildman–Crippen LogP) is 7.53. The van der Waals surface area contributed by atoms with Gasteiger partial charge in [0.1, 0.15) is 18.4 Å². The summed E-state index contributed by atoms with van der Waals surface area (Å²) in [5.74, 6) is 0.964. The van der Waals surface area contributed by atoms with E-state index in [1.165, 1.54) is 23.0 Å². The molecule has 0 N–H and O–H groups in total. The third-order valence-electron chi connectivity index (χ3n) is 7.34. The number of rotatable bonds is 12. The van der Waals surface area contributed by atoms with Crippen molar-refractivity contribution in [3.8, 4) is 17.2 Å². The molecule has 0 amide bonds. The van der Waals surface area contributed by atoms with E-state index in [4.69, 9.17) is 58.7 Å². The van der Waals surface area contributed by atoms with Gasteiger partial charge in [0.15, 0.2) is 16.3 Å². The Balaban J connectivity index is 1.62. The lowest BCUT2D eigenvalue weighted by molar-refractivity contribution is -0.139. The number of ether oxygens (including phenoxy) is 4. The summed E-state index contributed by atoms with van der Waals surface area (Å²) in [7, 11) is 1.53. The molecule has 12 heteroatoms. The van der Waals surface area contributed by atoms with Gasteiger partial charge >= 0.3 is 5.97 Å². The van der Waals surface area contributed by atoms with E-state index in [9.17, 15) is 9.59 Å². The largest absolute Gasteiger partial charge is 0.496 e. The van der Waals surface area contributed by atoms with E-state index in [1.54, 1.807) is 49.4 Å². The van der Waals surface area contributed by atoms with Crippen LogP contribution in [-0.2, 0) is 16.1 Å². The van der Waals surface area contributed by atoms with Gasteiger partial charge in [-0.25, -0.2) is 9.79 Å². The third kappa shape index (κ3) is 7.54. The highest BCUT2D eigenvalue weighted by Crippen LogP contribution is 2.38. The topological polar surface area (TPSA) is 88.4 Å². The van der Waals surface area contributed by atoms with Crippen molar-refractivity contribution >= 4 is 58.2 Å². The molecule has 0 bridgehead atoms. The van der Waals surface area contributed by atoms with Crippen LogP contribution in [0.4, 0.5) is 0 Å². The third-order valence-corrected chi connectivity index (χ3v) is 9.15. The van der Waals surface area contributed by atoms with Crippen LogP contribution >= 0.6 is 46.1 Å². The average molecular weight is 716 g/mol. The molecule has 246 valence electrons. The molecule has 1 aromatic heterocycles. The number of carbonyl (C=O) groups excluding carboxylic acids is 1. The van der Waals surface area contributed by atoms with Crippen molar-refractivity contribution in [3.63, 3.8) is 0 Å². The van der Waals surface area contributed by atoms with Crippen LogP contribution in [0.25, 0.3) is 6.08 Å². The first-order valence-electron chi connectivity index (χ1n) is 15.1. The molecule has 8 nitrogen and oxygen atoms in total. The Morgan fingerprint density at radius 2 is 1.68 bits per heavy atom. The van der Waals surface area contributed by atoms with Gasteiger partial charge in [-0.05, 0) is 74.4 Å². The number of thiazole rings is 1.